The maximum atomic E-state index is 14.6. The number of halogens is 2. The van der Waals surface area contributed by atoms with Gasteiger partial charge in [-0.15, -0.1) is 0 Å². The van der Waals surface area contributed by atoms with Gasteiger partial charge >= 0.3 is 5.97 Å². The molecule has 0 amide bonds. The predicted molar refractivity (Wildman–Crippen MR) is 129 cm³/mol. The Morgan fingerprint density at radius 1 is 1.00 bits per heavy atom. The zero-order valence-corrected chi connectivity index (χ0v) is 19.6. The van der Waals surface area contributed by atoms with E-state index in [2.05, 4.69) is 11.4 Å². The van der Waals surface area contributed by atoms with Crippen molar-refractivity contribution in [3.05, 3.63) is 100 Å². The molecule has 6 heteroatoms. The fraction of sp³-hybridized carbons (Fsp3) is 0.321. The number of carbonyl (C=O) groups is 1. The van der Waals surface area contributed by atoms with E-state index in [1.165, 1.54) is 17.7 Å². The maximum Gasteiger partial charge on any atom is 0.304 e. The summed E-state index contributed by atoms with van der Waals surface area (Å²) >= 11 is 0. The van der Waals surface area contributed by atoms with Gasteiger partial charge < -0.3 is 15.2 Å². The summed E-state index contributed by atoms with van der Waals surface area (Å²) in [6.07, 6.45) is 1.45. The molecule has 0 aliphatic rings. The highest BCUT2D eigenvalue weighted by Crippen LogP contribution is 2.32. The third-order valence-corrected chi connectivity index (χ3v) is 5.95. The summed E-state index contributed by atoms with van der Waals surface area (Å²) in [5.74, 6) is -1.38. The Balaban J connectivity index is 1.58. The first-order valence-corrected chi connectivity index (χ1v) is 11.5. The lowest BCUT2D eigenvalue weighted by atomic mass is 9.86. The quantitative estimate of drug-likeness (QED) is 0.314. The van der Waals surface area contributed by atoms with Crippen LogP contribution in [-0.2, 0) is 11.3 Å². The van der Waals surface area contributed by atoms with Crippen LogP contribution in [0.1, 0.15) is 53.0 Å². The van der Waals surface area contributed by atoms with E-state index in [-0.39, 0.29) is 12.3 Å². The van der Waals surface area contributed by atoms with Crippen molar-refractivity contribution in [1.82, 2.24) is 5.32 Å². The van der Waals surface area contributed by atoms with E-state index in [1.54, 1.807) is 0 Å². The van der Waals surface area contributed by atoms with Crippen LogP contribution in [0.5, 0.6) is 5.75 Å². The molecule has 34 heavy (non-hydrogen) atoms. The normalized spacial score (nSPS) is 11.9. The number of aryl methyl sites for hydroxylation is 2. The van der Waals surface area contributed by atoms with Crippen LogP contribution in [-0.4, -0.2) is 24.2 Å². The van der Waals surface area contributed by atoms with Gasteiger partial charge in [0, 0.05) is 25.1 Å². The van der Waals surface area contributed by atoms with Crippen molar-refractivity contribution < 1.29 is 23.4 Å². The number of hydrogen-bond donors (Lipinski definition) is 2. The van der Waals surface area contributed by atoms with Gasteiger partial charge in [-0.25, -0.2) is 8.78 Å². The van der Waals surface area contributed by atoms with Gasteiger partial charge in [0.1, 0.15) is 17.4 Å². The summed E-state index contributed by atoms with van der Waals surface area (Å²) < 4.78 is 34.0. The van der Waals surface area contributed by atoms with E-state index in [0.29, 0.717) is 38.1 Å². The highest BCUT2D eigenvalue weighted by molar-refractivity contribution is 5.66. The number of rotatable bonds is 12. The Labute approximate surface area is 199 Å². The Hall–Kier alpha value is -3.25. The average Bonchev–Trinajstić information content (AvgIpc) is 2.80. The second-order valence-corrected chi connectivity index (χ2v) is 8.52. The molecule has 3 aromatic rings. The van der Waals surface area contributed by atoms with E-state index in [4.69, 9.17) is 9.84 Å². The van der Waals surface area contributed by atoms with Crippen LogP contribution in [0.15, 0.2) is 60.7 Å². The molecule has 3 rings (SSSR count). The number of carboxylic acid groups (broad SMARTS) is 1. The molecule has 4 nitrogen and oxygen atoms in total. The number of carboxylic acids is 1. The molecule has 1 atom stereocenters. The van der Waals surface area contributed by atoms with Crippen molar-refractivity contribution in [3.8, 4) is 5.75 Å². The Bertz CT molecular complexity index is 1100. The molecular weight excluding hydrogens is 436 g/mol. The zero-order chi connectivity index (χ0) is 24.5. The summed E-state index contributed by atoms with van der Waals surface area (Å²) in [6, 6.07) is 17.6. The molecule has 3 aromatic carbocycles. The first kappa shape index (κ1) is 25.4. The highest BCUT2D eigenvalue weighted by atomic mass is 19.1. The van der Waals surface area contributed by atoms with E-state index in [9.17, 15) is 13.6 Å². The number of nitrogens with one attached hydrogen (secondary N) is 1. The molecule has 0 fully saturated rings. The minimum atomic E-state index is -0.821. The Morgan fingerprint density at radius 3 is 2.44 bits per heavy atom. The van der Waals surface area contributed by atoms with Crippen LogP contribution in [0, 0.1) is 25.5 Å². The van der Waals surface area contributed by atoms with Crippen LogP contribution < -0.4 is 10.1 Å². The van der Waals surface area contributed by atoms with Crippen LogP contribution in [0.25, 0.3) is 0 Å². The second-order valence-electron chi connectivity index (χ2n) is 8.52. The van der Waals surface area contributed by atoms with Crippen LogP contribution in [0.4, 0.5) is 8.78 Å². The molecule has 0 heterocycles. The molecule has 1 unspecified atom stereocenters. The second kappa shape index (κ2) is 12.3. The van der Waals surface area contributed by atoms with Crippen molar-refractivity contribution >= 4 is 5.97 Å². The van der Waals surface area contributed by atoms with Gasteiger partial charge in [0.15, 0.2) is 0 Å². The number of ether oxygens (including phenoxy) is 1. The summed E-state index contributed by atoms with van der Waals surface area (Å²) in [4.78, 5) is 10.6. The smallest absolute Gasteiger partial charge is 0.304 e. The first-order chi connectivity index (χ1) is 16.3. The van der Waals surface area contributed by atoms with Gasteiger partial charge in [-0.05, 0) is 72.7 Å². The molecule has 0 spiro atoms. The van der Waals surface area contributed by atoms with Crippen LogP contribution in [0.3, 0.4) is 0 Å². The maximum absolute atomic E-state index is 14.6. The number of aliphatic carboxylic acids is 1. The van der Waals surface area contributed by atoms with Crippen LogP contribution >= 0.6 is 0 Å². The van der Waals surface area contributed by atoms with Crippen molar-refractivity contribution in [1.29, 1.82) is 0 Å². The fourth-order valence-corrected chi connectivity index (χ4v) is 3.88. The lowest BCUT2D eigenvalue weighted by Crippen LogP contribution is -2.17. The molecule has 0 aliphatic carbocycles. The molecule has 0 saturated carbocycles. The molecule has 2 N–H and O–H groups in total. The zero-order valence-electron chi connectivity index (χ0n) is 19.6. The topological polar surface area (TPSA) is 58.6 Å². The Morgan fingerprint density at radius 2 is 1.76 bits per heavy atom. The van der Waals surface area contributed by atoms with Crippen LogP contribution in [0.2, 0.25) is 0 Å². The fourth-order valence-electron chi connectivity index (χ4n) is 3.88. The van der Waals surface area contributed by atoms with Crippen molar-refractivity contribution in [3.63, 3.8) is 0 Å². The van der Waals surface area contributed by atoms with E-state index in [1.807, 2.05) is 50.2 Å². The monoisotopic (exact) mass is 467 g/mol. The van der Waals surface area contributed by atoms with E-state index in [0.717, 1.165) is 28.5 Å². The molecule has 0 saturated heterocycles. The van der Waals surface area contributed by atoms with Gasteiger partial charge in [0.2, 0.25) is 0 Å². The SMILES string of the molecule is Cc1ccc(C(CCCOc2ccc(CNCCC(=O)O)cc2)c2ccc(F)cc2F)cc1C. The van der Waals surface area contributed by atoms with Gasteiger partial charge in [-0.1, -0.05) is 36.4 Å². The molecule has 180 valence electrons. The van der Waals surface area contributed by atoms with Crippen molar-refractivity contribution in [2.75, 3.05) is 13.2 Å². The predicted octanol–water partition coefficient (Wildman–Crippen LogP) is 6.14. The van der Waals surface area contributed by atoms with Gasteiger partial charge in [-0.3, -0.25) is 4.79 Å². The van der Waals surface area contributed by atoms with Crippen molar-refractivity contribution in [2.45, 2.75) is 45.6 Å². The van der Waals surface area contributed by atoms with E-state index >= 15 is 0 Å². The van der Waals surface area contributed by atoms with Crippen molar-refractivity contribution in [2.24, 2.45) is 0 Å². The lowest BCUT2D eigenvalue weighted by Gasteiger charge is -2.20. The molecule has 0 radical (unpaired) electrons. The first-order valence-electron chi connectivity index (χ1n) is 11.5. The van der Waals surface area contributed by atoms with E-state index < -0.39 is 17.6 Å². The summed E-state index contributed by atoms with van der Waals surface area (Å²) in [5.41, 5.74) is 4.85. The highest BCUT2D eigenvalue weighted by Gasteiger charge is 2.19. The molecule has 0 aliphatic heterocycles. The standard InChI is InChI=1S/C28H31F2NO3/c1-19-5-8-22(16-20(19)2)25(26-12-9-23(29)17-27(26)30)4-3-15-34-24-10-6-21(7-11-24)18-31-14-13-28(32)33/h5-12,16-17,25,31H,3-4,13-15,18H2,1-2H3,(H,32,33). The minimum absolute atomic E-state index is 0.0895. The molecular formula is C28H31F2NO3. The minimum Gasteiger partial charge on any atom is -0.494 e. The van der Waals surface area contributed by atoms with Gasteiger partial charge in [0.05, 0.1) is 13.0 Å². The third-order valence-electron chi connectivity index (χ3n) is 5.95. The van der Waals surface area contributed by atoms with Gasteiger partial charge in [0.25, 0.3) is 0 Å². The largest absolute Gasteiger partial charge is 0.494 e. The lowest BCUT2D eigenvalue weighted by molar-refractivity contribution is -0.136. The number of benzene rings is 3. The van der Waals surface area contributed by atoms with Gasteiger partial charge in [-0.2, -0.15) is 0 Å². The number of hydrogen-bond acceptors (Lipinski definition) is 3. The Kier molecular flexibility index (Phi) is 9.16. The third kappa shape index (κ3) is 7.39. The summed E-state index contributed by atoms with van der Waals surface area (Å²) in [5, 5.41) is 11.8. The molecule has 0 bridgehead atoms. The summed E-state index contributed by atoms with van der Waals surface area (Å²) in [7, 11) is 0. The summed E-state index contributed by atoms with van der Waals surface area (Å²) in [6.45, 7) is 5.56. The molecule has 0 aromatic heterocycles. The average molecular weight is 468 g/mol.